The smallest absolute Gasteiger partial charge is 0.264 e. The third kappa shape index (κ3) is 4.03. The molecular weight excluding hydrogens is 396 g/mol. The van der Waals surface area contributed by atoms with E-state index in [2.05, 4.69) is 10.4 Å². The molecule has 3 heterocycles. The number of hydrogen-bond donors (Lipinski definition) is 1. The molecule has 0 radical (unpaired) electrons. The van der Waals surface area contributed by atoms with Gasteiger partial charge in [-0.05, 0) is 87.4 Å². The molecule has 7 heteroatoms. The van der Waals surface area contributed by atoms with E-state index in [0.29, 0.717) is 13.0 Å². The Kier molecular flexibility index (Phi) is 5.72. The summed E-state index contributed by atoms with van der Waals surface area (Å²) in [5.74, 6) is -0.168. The van der Waals surface area contributed by atoms with Crippen LogP contribution in [0.1, 0.15) is 45.9 Å². The molecule has 4 rings (SSSR count). The van der Waals surface area contributed by atoms with E-state index < -0.39 is 6.04 Å². The maximum Gasteiger partial charge on any atom is 0.264 e. The molecule has 1 fully saturated rings. The topological polar surface area (TPSA) is 67.2 Å². The summed E-state index contributed by atoms with van der Waals surface area (Å²) in [6, 6.07) is 11.2. The molecule has 1 aromatic carbocycles. The molecule has 6 nitrogen and oxygen atoms in total. The summed E-state index contributed by atoms with van der Waals surface area (Å²) in [6.07, 6.45) is 2.56. The number of carbonyl (C=O) groups is 2. The highest BCUT2D eigenvalue weighted by Gasteiger charge is 2.33. The van der Waals surface area contributed by atoms with Crippen LogP contribution in [0.2, 0.25) is 0 Å². The van der Waals surface area contributed by atoms with Gasteiger partial charge in [0.1, 0.15) is 6.04 Å². The zero-order valence-electron chi connectivity index (χ0n) is 17.5. The number of piperidine rings is 1. The van der Waals surface area contributed by atoms with Crippen LogP contribution in [-0.2, 0) is 4.79 Å². The predicted molar refractivity (Wildman–Crippen MR) is 119 cm³/mol. The number of nitrogens with one attached hydrogen (secondary N) is 1. The summed E-state index contributed by atoms with van der Waals surface area (Å²) in [7, 11) is 0. The molecule has 0 spiro atoms. The fraction of sp³-hybridized carbons (Fsp3) is 0.348. The summed E-state index contributed by atoms with van der Waals surface area (Å²) in [5.41, 5.74) is 4.66. The molecule has 1 aliphatic heterocycles. The van der Waals surface area contributed by atoms with Crippen LogP contribution >= 0.6 is 11.3 Å². The number of hydrogen-bond acceptors (Lipinski definition) is 4. The Bertz CT molecular complexity index is 1070. The molecule has 0 saturated carbocycles. The van der Waals surface area contributed by atoms with Gasteiger partial charge < -0.3 is 10.2 Å². The summed E-state index contributed by atoms with van der Waals surface area (Å²) >= 11 is 1.44. The van der Waals surface area contributed by atoms with Crippen LogP contribution in [0, 0.1) is 20.8 Å². The van der Waals surface area contributed by atoms with Crippen molar-refractivity contribution in [2.45, 2.75) is 46.1 Å². The zero-order valence-corrected chi connectivity index (χ0v) is 18.3. The van der Waals surface area contributed by atoms with E-state index in [-0.39, 0.29) is 11.8 Å². The number of aromatic nitrogens is 2. The van der Waals surface area contributed by atoms with Crippen molar-refractivity contribution in [1.29, 1.82) is 0 Å². The minimum atomic E-state index is -0.441. The minimum absolute atomic E-state index is 0.0396. The third-order valence-electron chi connectivity index (χ3n) is 5.51. The summed E-state index contributed by atoms with van der Waals surface area (Å²) in [5, 5.41) is 9.41. The first-order chi connectivity index (χ1) is 14.4. The second-order valence-corrected chi connectivity index (χ2v) is 8.73. The number of aryl methyl sites for hydroxylation is 3. The third-order valence-corrected chi connectivity index (χ3v) is 6.52. The fourth-order valence-electron chi connectivity index (χ4n) is 3.97. The lowest BCUT2D eigenvalue weighted by atomic mass is 10.0. The zero-order chi connectivity index (χ0) is 21.3. The lowest BCUT2D eigenvalue weighted by Gasteiger charge is -2.34. The lowest BCUT2D eigenvalue weighted by molar-refractivity contribution is -0.121. The second kappa shape index (κ2) is 8.44. The Morgan fingerprint density at radius 1 is 1.10 bits per heavy atom. The van der Waals surface area contributed by atoms with E-state index in [1.54, 1.807) is 4.90 Å². The maximum atomic E-state index is 13.0. The average Bonchev–Trinajstić information content (AvgIpc) is 3.32. The molecule has 1 aliphatic rings. The Hall–Kier alpha value is -2.93. The molecule has 1 atom stereocenters. The average molecular weight is 423 g/mol. The van der Waals surface area contributed by atoms with Crippen LogP contribution in [0.5, 0.6) is 0 Å². The van der Waals surface area contributed by atoms with Crippen molar-refractivity contribution in [3.63, 3.8) is 0 Å². The van der Waals surface area contributed by atoms with E-state index in [9.17, 15) is 9.59 Å². The number of carbonyl (C=O) groups excluding carboxylic acids is 2. The highest BCUT2D eigenvalue weighted by atomic mass is 32.1. The van der Waals surface area contributed by atoms with E-state index in [1.807, 2.05) is 67.2 Å². The van der Waals surface area contributed by atoms with E-state index in [0.717, 1.165) is 46.0 Å². The van der Waals surface area contributed by atoms with Crippen molar-refractivity contribution in [2.75, 3.05) is 11.9 Å². The van der Waals surface area contributed by atoms with Crippen LogP contribution < -0.4 is 5.32 Å². The Balaban J connectivity index is 1.48. The van der Waals surface area contributed by atoms with Gasteiger partial charge in [-0.15, -0.1) is 11.3 Å². The first-order valence-corrected chi connectivity index (χ1v) is 11.1. The highest BCUT2D eigenvalue weighted by Crippen LogP contribution is 2.25. The minimum Gasteiger partial charge on any atom is -0.326 e. The molecule has 2 amide bonds. The molecule has 0 bridgehead atoms. The quantitative estimate of drug-likeness (QED) is 0.673. The van der Waals surface area contributed by atoms with Gasteiger partial charge in [0.2, 0.25) is 5.91 Å². The van der Waals surface area contributed by atoms with Crippen LogP contribution in [0.3, 0.4) is 0 Å². The van der Waals surface area contributed by atoms with Crippen LogP contribution in [0.15, 0.2) is 41.8 Å². The van der Waals surface area contributed by atoms with Crippen LogP contribution in [0.25, 0.3) is 5.69 Å². The van der Waals surface area contributed by atoms with Crippen molar-refractivity contribution in [2.24, 2.45) is 0 Å². The Morgan fingerprint density at radius 2 is 1.87 bits per heavy atom. The Labute approximate surface area is 180 Å². The summed E-state index contributed by atoms with van der Waals surface area (Å²) < 4.78 is 1.88. The van der Waals surface area contributed by atoms with Gasteiger partial charge in [-0.3, -0.25) is 9.59 Å². The van der Waals surface area contributed by atoms with Crippen molar-refractivity contribution >= 4 is 28.8 Å². The van der Waals surface area contributed by atoms with Crippen molar-refractivity contribution in [1.82, 2.24) is 14.7 Å². The fourth-order valence-corrected chi connectivity index (χ4v) is 4.85. The maximum absolute atomic E-state index is 13.0. The van der Waals surface area contributed by atoms with Crippen molar-refractivity contribution < 1.29 is 9.59 Å². The molecule has 1 N–H and O–H groups in total. The number of nitrogens with zero attached hydrogens (tertiary/aromatic N) is 3. The van der Waals surface area contributed by atoms with Gasteiger partial charge in [0.05, 0.1) is 16.3 Å². The van der Waals surface area contributed by atoms with E-state index in [1.165, 1.54) is 11.3 Å². The standard InChI is InChI=1S/C23H26N4O2S/c1-15-11-13-30-21(15)23(29)26-12-5-4-6-20(26)22(28)24-18-7-9-19(10-8-18)27-17(3)14-16(2)25-27/h7-11,13-14,20H,4-6,12H2,1-3H3,(H,24,28)/t20-/m0/s1. The van der Waals surface area contributed by atoms with Crippen LogP contribution in [-0.4, -0.2) is 39.1 Å². The summed E-state index contributed by atoms with van der Waals surface area (Å²) in [6.45, 7) is 6.53. The van der Waals surface area contributed by atoms with Gasteiger partial charge in [-0.25, -0.2) is 4.68 Å². The van der Waals surface area contributed by atoms with Gasteiger partial charge in [-0.2, -0.15) is 5.10 Å². The summed E-state index contributed by atoms with van der Waals surface area (Å²) in [4.78, 5) is 28.5. The Morgan fingerprint density at radius 3 is 2.50 bits per heavy atom. The van der Waals surface area contributed by atoms with E-state index >= 15 is 0 Å². The van der Waals surface area contributed by atoms with Gasteiger partial charge >= 0.3 is 0 Å². The first-order valence-electron chi connectivity index (χ1n) is 10.2. The van der Waals surface area contributed by atoms with E-state index in [4.69, 9.17) is 0 Å². The molecular formula is C23H26N4O2S. The number of anilines is 1. The van der Waals surface area contributed by atoms with Crippen molar-refractivity contribution in [3.05, 3.63) is 63.6 Å². The van der Waals surface area contributed by atoms with Gasteiger partial charge in [0.25, 0.3) is 5.91 Å². The van der Waals surface area contributed by atoms with Gasteiger partial charge in [0.15, 0.2) is 0 Å². The largest absolute Gasteiger partial charge is 0.326 e. The number of benzene rings is 1. The molecule has 30 heavy (non-hydrogen) atoms. The normalized spacial score (nSPS) is 16.5. The molecule has 2 aromatic heterocycles. The molecule has 0 aliphatic carbocycles. The van der Waals surface area contributed by atoms with Gasteiger partial charge in [0, 0.05) is 17.9 Å². The number of thiophene rings is 1. The molecule has 1 saturated heterocycles. The number of amides is 2. The lowest BCUT2D eigenvalue weighted by Crippen LogP contribution is -2.50. The first kappa shape index (κ1) is 20.3. The second-order valence-electron chi connectivity index (χ2n) is 7.82. The number of likely N-dealkylation sites (tertiary alicyclic amines) is 1. The number of rotatable bonds is 4. The molecule has 156 valence electrons. The predicted octanol–water partition coefficient (Wildman–Crippen LogP) is 4.49. The van der Waals surface area contributed by atoms with Gasteiger partial charge in [-0.1, -0.05) is 0 Å². The van der Waals surface area contributed by atoms with Crippen LogP contribution in [0.4, 0.5) is 5.69 Å². The SMILES string of the molecule is Cc1cc(C)n(-c2ccc(NC(=O)[C@@H]3CCCCN3C(=O)c3sccc3C)cc2)n1. The molecule has 3 aromatic rings. The highest BCUT2D eigenvalue weighted by molar-refractivity contribution is 7.12. The van der Waals surface area contributed by atoms with Crippen molar-refractivity contribution in [3.8, 4) is 5.69 Å². The molecule has 0 unspecified atom stereocenters. The monoisotopic (exact) mass is 422 g/mol.